The first kappa shape index (κ1) is 28.5. The van der Waals surface area contributed by atoms with E-state index in [1.54, 1.807) is 23.1 Å². The molecular formula is C29H34FIN2O5. The lowest BCUT2D eigenvalue weighted by molar-refractivity contribution is -0.142. The van der Waals surface area contributed by atoms with Gasteiger partial charge in [0.15, 0.2) is 0 Å². The van der Waals surface area contributed by atoms with Gasteiger partial charge in [0.2, 0.25) is 11.8 Å². The molecule has 0 bridgehead atoms. The highest BCUT2D eigenvalue weighted by Gasteiger charge is 2.42. The van der Waals surface area contributed by atoms with Crippen molar-refractivity contribution < 1.29 is 28.9 Å². The van der Waals surface area contributed by atoms with Crippen molar-refractivity contribution in [2.75, 3.05) is 19.7 Å². The minimum atomic E-state index is -1.08. The highest BCUT2D eigenvalue weighted by atomic mass is 127. The van der Waals surface area contributed by atoms with E-state index in [9.17, 15) is 24.2 Å². The van der Waals surface area contributed by atoms with E-state index in [2.05, 4.69) is 27.9 Å². The number of aliphatic hydroxyl groups excluding tert-OH is 2. The molecule has 0 spiro atoms. The smallest absolute Gasteiger partial charge is 0.247 e. The normalized spacial score (nSPS) is 21.6. The summed E-state index contributed by atoms with van der Waals surface area (Å²) in [5, 5.41) is 23.4. The Morgan fingerprint density at radius 2 is 1.89 bits per heavy atom. The molecule has 3 atom stereocenters. The molecule has 0 aliphatic heterocycles. The summed E-state index contributed by atoms with van der Waals surface area (Å²) in [7, 11) is 0. The molecule has 1 fully saturated rings. The molecule has 204 valence electrons. The number of ether oxygens (including phenoxy) is 1. The molecule has 0 heterocycles. The van der Waals surface area contributed by atoms with Crippen LogP contribution in [0.4, 0.5) is 4.39 Å². The molecule has 0 radical (unpaired) electrons. The first-order valence-corrected chi connectivity index (χ1v) is 14.2. The van der Waals surface area contributed by atoms with Crippen LogP contribution in [0.15, 0.2) is 60.2 Å². The monoisotopic (exact) mass is 636 g/mol. The van der Waals surface area contributed by atoms with Crippen LogP contribution in [-0.4, -0.2) is 64.9 Å². The number of hydrogen-bond acceptors (Lipinski definition) is 5. The Kier molecular flexibility index (Phi) is 10.1. The van der Waals surface area contributed by atoms with E-state index in [-0.39, 0.29) is 49.7 Å². The molecule has 2 aromatic rings. The van der Waals surface area contributed by atoms with Crippen molar-refractivity contribution in [1.82, 2.24) is 10.2 Å². The van der Waals surface area contributed by atoms with E-state index in [1.165, 1.54) is 12.1 Å². The van der Waals surface area contributed by atoms with Gasteiger partial charge in [-0.2, -0.15) is 0 Å². The molecular weight excluding hydrogens is 602 g/mol. The predicted molar refractivity (Wildman–Crippen MR) is 150 cm³/mol. The van der Waals surface area contributed by atoms with Crippen LogP contribution in [0.1, 0.15) is 37.7 Å². The first-order chi connectivity index (χ1) is 18.4. The quantitative estimate of drug-likeness (QED) is 0.347. The van der Waals surface area contributed by atoms with Crippen molar-refractivity contribution in [3.8, 4) is 5.75 Å². The number of carbonyl (C=O) groups is 2. The molecule has 2 aliphatic rings. The van der Waals surface area contributed by atoms with Gasteiger partial charge in [-0.05, 0) is 77.8 Å². The number of benzene rings is 2. The zero-order valence-electron chi connectivity index (χ0n) is 21.2. The molecule has 4 rings (SSSR count). The number of hydrogen-bond donors (Lipinski definition) is 3. The Morgan fingerprint density at radius 3 is 2.61 bits per heavy atom. The summed E-state index contributed by atoms with van der Waals surface area (Å²) in [4.78, 5) is 28.4. The predicted octanol–water partition coefficient (Wildman–Crippen LogP) is 3.61. The standard InChI is InChI=1S/C29H34FIN2O5/c30-22-9-5-6-19(16-22)12-14-33(29(37)20-7-1-2-8-20)24-17-21(28(36)32-13-15-34)18-26(27(24)35)38-25-11-4-3-10-23(25)31/h3-6,9-11,16,18,20,24,26-27,34-35H,1-2,7-8,12-15,17H2,(H,32,36)/t24-,26+,27+/m1/s1. The van der Waals surface area contributed by atoms with Gasteiger partial charge >= 0.3 is 0 Å². The van der Waals surface area contributed by atoms with Crippen molar-refractivity contribution in [3.63, 3.8) is 0 Å². The summed E-state index contributed by atoms with van der Waals surface area (Å²) in [5.41, 5.74) is 1.14. The van der Waals surface area contributed by atoms with E-state index < -0.39 is 18.2 Å². The summed E-state index contributed by atoms with van der Waals surface area (Å²) >= 11 is 2.15. The molecule has 2 aromatic carbocycles. The van der Waals surface area contributed by atoms with Crippen molar-refractivity contribution in [2.45, 2.75) is 56.8 Å². The molecule has 2 amide bonds. The number of carbonyl (C=O) groups excluding carboxylic acids is 2. The number of aliphatic hydroxyl groups is 2. The van der Waals surface area contributed by atoms with Gasteiger partial charge in [-0.25, -0.2) is 4.39 Å². The fourth-order valence-corrected chi connectivity index (χ4v) is 5.77. The van der Waals surface area contributed by atoms with Crippen molar-refractivity contribution in [1.29, 1.82) is 0 Å². The van der Waals surface area contributed by atoms with Crippen LogP contribution in [0.2, 0.25) is 0 Å². The summed E-state index contributed by atoms with van der Waals surface area (Å²) in [5.74, 6) is -0.330. The fraction of sp³-hybridized carbons (Fsp3) is 0.448. The lowest BCUT2D eigenvalue weighted by Crippen LogP contribution is -2.56. The molecule has 9 heteroatoms. The van der Waals surface area contributed by atoms with E-state index in [0.717, 1.165) is 34.8 Å². The van der Waals surface area contributed by atoms with E-state index in [1.807, 2.05) is 24.3 Å². The second-order valence-corrected chi connectivity index (χ2v) is 11.0. The zero-order valence-corrected chi connectivity index (χ0v) is 23.3. The molecule has 7 nitrogen and oxygen atoms in total. The highest BCUT2D eigenvalue weighted by Crippen LogP contribution is 2.33. The Hall–Kier alpha value is -2.50. The second-order valence-electron chi connectivity index (χ2n) is 9.84. The summed E-state index contributed by atoms with van der Waals surface area (Å²) in [6, 6.07) is 13.0. The number of rotatable bonds is 10. The van der Waals surface area contributed by atoms with Gasteiger partial charge in [-0.15, -0.1) is 0 Å². The molecule has 3 N–H and O–H groups in total. The van der Waals surface area contributed by atoms with Crippen LogP contribution >= 0.6 is 22.6 Å². The van der Waals surface area contributed by atoms with Crippen LogP contribution in [0, 0.1) is 15.3 Å². The molecule has 2 aliphatic carbocycles. The average molecular weight is 637 g/mol. The molecule has 0 saturated heterocycles. The first-order valence-electron chi connectivity index (χ1n) is 13.1. The zero-order chi connectivity index (χ0) is 27.1. The van der Waals surface area contributed by atoms with Crippen LogP contribution in [0.5, 0.6) is 5.75 Å². The third kappa shape index (κ3) is 7.12. The number of nitrogens with zero attached hydrogens (tertiary/aromatic N) is 1. The lowest BCUT2D eigenvalue weighted by Gasteiger charge is -2.41. The van der Waals surface area contributed by atoms with Gasteiger partial charge in [-0.3, -0.25) is 9.59 Å². The van der Waals surface area contributed by atoms with Gasteiger partial charge in [-0.1, -0.05) is 37.1 Å². The summed E-state index contributed by atoms with van der Waals surface area (Å²) in [6.45, 7) is 0.171. The van der Waals surface area contributed by atoms with Gasteiger partial charge in [0.1, 0.15) is 23.8 Å². The fourth-order valence-electron chi connectivity index (χ4n) is 5.26. The van der Waals surface area contributed by atoms with Crippen LogP contribution in [0.3, 0.4) is 0 Å². The maximum absolute atomic E-state index is 13.8. The van der Waals surface area contributed by atoms with E-state index in [0.29, 0.717) is 17.7 Å². The Balaban J connectivity index is 1.64. The molecule has 0 aromatic heterocycles. The number of halogens is 2. The maximum atomic E-state index is 13.8. The van der Waals surface area contributed by atoms with Crippen molar-refractivity contribution in [2.24, 2.45) is 5.92 Å². The van der Waals surface area contributed by atoms with Gasteiger partial charge in [0.05, 0.1) is 16.2 Å². The Bertz CT molecular complexity index is 1150. The highest BCUT2D eigenvalue weighted by molar-refractivity contribution is 14.1. The van der Waals surface area contributed by atoms with Crippen LogP contribution in [-0.2, 0) is 16.0 Å². The third-order valence-electron chi connectivity index (χ3n) is 7.23. The largest absolute Gasteiger partial charge is 0.482 e. The molecule has 38 heavy (non-hydrogen) atoms. The molecule has 1 saturated carbocycles. The number of amides is 2. The van der Waals surface area contributed by atoms with Gasteiger partial charge < -0.3 is 25.2 Å². The summed E-state index contributed by atoms with van der Waals surface area (Å²) < 4.78 is 20.9. The average Bonchev–Trinajstić information content (AvgIpc) is 3.45. The van der Waals surface area contributed by atoms with E-state index in [4.69, 9.17) is 4.74 Å². The topological polar surface area (TPSA) is 99.1 Å². The number of nitrogens with one attached hydrogen (secondary N) is 1. The SMILES string of the molecule is O=C(NCCO)C1=C[C@H](Oc2ccccc2I)[C@@H](O)[C@H](N(CCc2cccc(F)c2)C(=O)C2CCCC2)C1. The summed E-state index contributed by atoms with van der Waals surface area (Å²) in [6.07, 6.45) is 3.76. The minimum Gasteiger partial charge on any atom is -0.482 e. The van der Waals surface area contributed by atoms with E-state index >= 15 is 0 Å². The van der Waals surface area contributed by atoms with Crippen LogP contribution in [0.25, 0.3) is 0 Å². The Labute approximate surface area is 236 Å². The van der Waals surface area contributed by atoms with Crippen molar-refractivity contribution in [3.05, 3.63) is 75.1 Å². The lowest BCUT2D eigenvalue weighted by atomic mass is 9.87. The second kappa shape index (κ2) is 13.5. The Morgan fingerprint density at radius 1 is 1.13 bits per heavy atom. The molecule has 0 unspecified atom stereocenters. The van der Waals surface area contributed by atoms with Gasteiger partial charge in [0, 0.05) is 31.0 Å². The van der Waals surface area contributed by atoms with Crippen LogP contribution < -0.4 is 10.1 Å². The van der Waals surface area contributed by atoms with Gasteiger partial charge in [0.25, 0.3) is 0 Å². The minimum absolute atomic E-state index is 0.0481. The number of para-hydroxylation sites is 1. The maximum Gasteiger partial charge on any atom is 0.247 e. The van der Waals surface area contributed by atoms with Crippen molar-refractivity contribution >= 4 is 34.4 Å². The third-order valence-corrected chi connectivity index (χ3v) is 8.12.